The molecule has 20 heavy (non-hydrogen) atoms. The standard InChI is InChI=1S/C18H34N2/c1-17(2)11-15(12-18(3,4)13-17)19-14-7-9-20-8-5-6-16(20)10-14/h14-16,19H,5-13H2,1-4H3. The number of fused-ring (bicyclic) bond motifs is 1. The van der Waals surface area contributed by atoms with Crippen LogP contribution in [0.5, 0.6) is 0 Å². The van der Waals surface area contributed by atoms with Gasteiger partial charge in [0.25, 0.3) is 0 Å². The van der Waals surface area contributed by atoms with Gasteiger partial charge in [-0.2, -0.15) is 0 Å². The molecule has 2 aliphatic heterocycles. The molecule has 3 fully saturated rings. The smallest absolute Gasteiger partial charge is 0.0111 e. The highest BCUT2D eigenvalue weighted by molar-refractivity contribution is 4.96. The molecule has 2 atom stereocenters. The first-order valence-electron chi connectivity index (χ1n) is 8.83. The van der Waals surface area contributed by atoms with Gasteiger partial charge in [-0.3, -0.25) is 0 Å². The molecular weight excluding hydrogens is 244 g/mol. The lowest BCUT2D eigenvalue weighted by atomic mass is 9.63. The summed E-state index contributed by atoms with van der Waals surface area (Å²) in [7, 11) is 0. The van der Waals surface area contributed by atoms with Crippen LogP contribution in [0.3, 0.4) is 0 Å². The lowest BCUT2D eigenvalue weighted by molar-refractivity contribution is 0.0703. The van der Waals surface area contributed by atoms with Crippen LogP contribution in [0, 0.1) is 10.8 Å². The minimum Gasteiger partial charge on any atom is -0.311 e. The fourth-order valence-corrected chi connectivity index (χ4v) is 5.67. The molecule has 2 heteroatoms. The molecule has 2 nitrogen and oxygen atoms in total. The zero-order valence-corrected chi connectivity index (χ0v) is 14.0. The van der Waals surface area contributed by atoms with Crippen molar-refractivity contribution in [3.63, 3.8) is 0 Å². The fourth-order valence-electron chi connectivity index (χ4n) is 5.67. The molecule has 0 aromatic carbocycles. The van der Waals surface area contributed by atoms with Crippen molar-refractivity contribution < 1.29 is 0 Å². The van der Waals surface area contributed by atoms with Crippen molar-refractivity contribution in [1.29, 1.82) is 0 Å². The third kappa shape index (κ3) is 3.39. The molecule has 116 valence electrons. The Balaban J connectivity index is 1.57. The van der Waals surface area contributed by atoms with Crippen LogP contribution in [0.25, 0.3) is 0 Å². The van der Waals surface area contributed by atoms with Crippen molar-refractivity contribution in [1.82, 2.24) is 10.2 Å². The van der Waals surface area contributed by atoms with Crippen LogP contribution in [0.1, 0.15) is 72.6 Å². The van der Waals surface area contributed by atoms with Gasteiger partial charge in [0, 0.05) is 18.1 Å². The Bertz CT molecular complexity index is 331. The number of hydrogen-bond acceptors (Lipinski definition) is 2. The van der Waals surface area contributed by atoms with Crippen molar-refractivity contribution in [3.8, 4) is 0 Å². The summed E-state index contributed by atoms with van der Waals surface area (Å²) in [4.78, 5) is 2.73. The molecule has 0 spiro atoms. The van der Waals surface area contributed by atoms with Crippen LogP contribution in [0.4, 0.5) is 0 Å². The highest BCUT2D eigenvalue weighted by Crippen LogP contribution is 2.46. The molecule has 3 aliphatic rings. The molecule has 0 bridgehead atoms. The average Bonchev–Trinajstić information content (AvgIpc) is 2.71. The minimum absolute atomic E-state index is 0.507. The van der Waals surface area contributed by atoms with Gasteiger partial charge in [0.15, 0.2) is 0 Å². The molecule has 1 N–H and O–H groups in total. The third-order valence-corrected chi connectivity index (χ3v) is 5.85. The van der Waals surface area contributed by atoms with Crippen LogP contribution in [0.2, 0.25) is 0 Å². The first kappa shape index (κ1) is 14.8. The summed E-state index contributed by atoms with van der Waals surface area (Å²) in [6.07, 6.45) is 9.74. The lowest BCUT2D eigenvalue weighted by Crippen LogP contribution is -2.52. The van der Waals surface area contributed by atoms with Crippen LogP contribution in [0.15, 0.2) is 0 Å². The number of rotatable bonds is 2. The van der Waals surface area contributed by atoms with E-state index in [9.17, 15) is 0 Å². The number of nitrogens with zero attached hydrogens (tertiary/aromatic N) is 1. The number of piperidine rings is 1. The van der Waals surface area contributed by atoms with Gasteiger partial charge in [0.2, 0.25) is 0 Å². The molecule has 3 rings (SSSR count). The summed E-state index contributed by atoms with van der Waals surface area (Å²) in [5.41, 5.74) is 1.01. The first-order chi connectivity index (χ1) is 9.33. The molecule has 1 saturated carbocycles. The van der Waals surface area contributed by atoms with E-state index in [1.54, 1.807) is 0 Å². The predicted octanol–water partition coefficient (Wildman–Crippen LogP) is 3.81. The molecule has 0 amide bonds. The number of nitrogens with one attached hydrogen (secondary N) is 1. The molecule has 0 aromatic rings. The van der Waals surface area contributed by atoms with Crippen molar-refractivity contribution in [2.24, 2.45) is 10.8 Å². The van der Waals surface area contributed by atoms with Gasteiger partial charge in [-0.05, 0) is 68.9 Å². The van der Waals surface area contributed by atoms with E-state index in [0.29, 0.717) is 10.8 Å². The maximum absolute atomic E-state index is 4.06. The Labute approximate surface area is 125 Å². The summed E-state index contributed by atoms with van der Waals surface area (Å²) in [6.45, 7) is 12.5. The van der Waals surface area contributed by atoms with Crippen molar-refractivity contribution in [3.05, 3.63) is 0 Å². The van der Waals surface area contributed by atoms with E-state index >= 15 is 0 Å². The lowest BCUT2D eigenvalue weighted by Gasteiger charge is -2.47. The van der Waals surface area contributed by atoms with E-state index in [0.717, 1.165) is 18.1 Å². The molecule has 2 heterocycles. The molecule has 1 aliphatic carbocycles. The van der Waals surface area contributed by atoms with Crippen LogP contribution in [-0.2, 0) is 0 Å². The van der Waals surface area contributed by atoms with Gasteiger partial charge >= 0.3 is 0 Å². The second kappa shape index (κ2) is 5.28. The van der Waals surface area contributed by atoms with Crippen molar-refractivity contribution in [2.45, 2.75) is 90.8 Å². The maximum Gasteiger partial charge on any atom is 0.0111 e. The third-order valence-electron chi connectivity index (χ3n) is 5.85. The van der Waals surface area contributed by atoms with Crippen LogP contribution < -0.4 is 5.32 Å². The summed E-state index contributed by atoms with van der Waals surface area (Å²) >= 11 is 0. The Morgan fingerprint density at radius 2 is 1.60 bits per heavy atom. The molecule has 0 radical (unpaired) electrons. The Hall–Kier alpha value is -0.0800. The maximum atomic E-state index is 4.06. The SMILES string of the molecule is CC1(C)CC(NC2CCN3CCCC3C2)CC(C)(C)C1. The Morgan fingerprint density at radius 1 is 0.900 bits per heavy atom. The second-order valence-electron chi connectivity index (χ2n) is 9.33. The molecule has 2 saturated heterocycles. The van der Waals surface area contributed by atoms with Gasteiger partial charge in [-0.15, -0.1) is 0 Å². The van der Waals surface area contributed by atoms with E-state index in [4.69, 9.17) is 0 Å². The molecular formula is C18H34N2. The normalized spacial score (nSPS) is 37.8. The minimum atomic E-state index is 0.507. The van der Waals surface area contributed by atoms with Crippen molar-refractivity contribution in [2.75, 3.05) is 13.1 Å². The van der Waals surface area contributed by atoms with Gasteiger partial charge in [-0.1, -0.05) is 27.7 Å². The van der Waals surface area contributed by atoms with Crippen LogP contribution >= 0.6 is 0 Å². The zero-order valence-electron chi connectivity index (χ0n) is 14.0. The summed E-state index contributed by atoms with van der Waals surface area (Å²) in [6, 6.07) is 2.42. The first-order valence-corrected chi connectivity index (χ1v) is 8.83. The summed E-state index contributed by atoms with van der Waals surface area (Å²) in [5.74, 6) is 0. The summed E-state index contributed by atoms with van der Waals surface area (Å²) in [5, 5.41) is 4.06. The monoisotopic (exact) mass is 278 g/mol. The van der Waals surface area contributed by atoms with E-state index in [-0.39, 0.29) is 0 Å². The Morgan fingerprint density at radius 3 is 2.30 bits per heavy atom. The second-order valence-corrected chi connectivity index (χ2v) is 9.33. The molecule has 2 unspecified atom stereocenters. The fraction of sp³-hybridized carbons (Fsp3) is 1.00. The van der Waals surface area contributed by atoms with E-state index in [2.05, 4.69) is 37.9 Å². The van der Waals surface area contributed by atoms with E-state index in [1.807, 2.05) is 0 Å². The van der Waals surface area contributed by atoms with Gasteiger partial charge in [0.05, 0.1) is 0 Å². The van der Waals surface area contributed by atoms with Gasteiger partial charge in [0.1, 0.15) is 0 Å². The number of hydrogen-bond donors (Lipinski definition) is 1. The van der Waals surface area contributed by atoms with Crippen molar-refractivity contribution >= 4 is 0 Å². The predicted molar refractivity (Wildman–Crippen MR) is 86.0 cm³/mol. The average molecular weight is 278 g/mol. The summed E-state index contributed by atoms with van der Waals surface area (Å²) < 4.78 is 0. The highest BCUT2D eigenvalue weighted by atomic mass is 15.2. The zero-order chi connectivity index (χ0) is 14.4. The van der Waals surface area contributed by atoms with Crippen LogP contribution in [-0.4, -0.2) is 36.1 Å². The van der Waals surface area contributed by atoms with Gasteiger partial charge in [-0.25, -0.2) is 0 Å². The largest absolute Gasteiger partial charge is 0.311 e. The van der Waals surface area contributed by atoms with E-state index in [1.165, 1.54) is 58.0 Å². The van der Waals surface area contributed by atoms with Gasteiger partial charge < -0.3 is 10.2 Å². The highest BCUT2D eigenvalue weighted by Gasteiger charge is 2.40. The topological polar surface area (TPSA) is 15.3 Å². The van der Waals surface area contributed by atoms with E-state index < -0.39 is 0 Å². The quantitative estimate of drug-likeness (QED) is 0.826. The molecule has 0 aromatic heterocycles. The Kier molecular flexibility index (Phi) is 3.92.